The third-order valence-corrected chi connectivity index (χ3v) is 3.49. The second-order valence-electron chi connectivity index (χ2n) is 3.91. The first-order chi connectivity index (χ1) is 8.65. The lowest BCUT2D eigenvalue weighted by Gasteiger charge is -2.06. The summed E-state index contributed by atoms with van der Waals surface area (Å²) in [6, 6.07) is 13.5. The highest BCUT2D eigenvalue weighted by Crippen LogP contribution is 2.26. The molecule has 0 saturated heterocycles. The molecule has 1 aromatic heterocycles. The van der Waals surface area contributed by atoms with Crippen LogP contribution in [0.2, 0.25) is 5.02 Å². The second-order valence-corrected chi connectivity index (χ2v) is 5.27. The molecule has 0 bridgehead atoms. The Balaban J connectivity index is 2.28. The average Bonchev–Trinajstić information content (AvgIpc) is 2.65. The van der Waals surface area contributed by atoms with Crippen LogP contribution in [0.25, 0.3) is 16.7 Å². The van der Waals surface area contributed by atoms with Crippen LogP contribution < -0.4 is 5.73 Å². The van der Waals surface area contributed by atoms with Crippen LogP contribution in [-0.2, 0) is 0 Å². The lowest BCUT2D eigenvalue weighted by Crippen LogP contribution is -2.00. The van der Waals surface area contributed by atoms with Crippen molar-refractivity contribution >= 4 is 44.5 Å². The van der Waals surface area contributed by atoms with Crippen LogP contribution in [0.4, 0.5) is 5.95 Å². The van der Waals surface area contributed by atoms with Crippen molar-refractivity contribution in [2.24, 2.45) is 0 Å². The van der Waals surface area contributed by atoms with E-state index in [4.69, 9.17) is 17.3 Å². The minimum absolute atomic E-state index is 0.453. The summed E-state index contributed by atoms with van der Waals surface area (Å²) in [7, 11) is 0. The van der Waals surface area contributed by atoms with Gasteiger partial charge in [0.05, 0.1) is 11.0 Å². The fourth-order valence-corrected chi connectivity index (χ4v) is 2.36. The Bertz CT molecular complexity index is 719. The Hall–Kier alpha value is -1.52. The molecule has 1 heterocycles. The smallest absolute Gasteiger partial charge is 0.205 e. The van der Waals surface area contributed by atoms with Gasteiger partial charge >= 0.3 is 0 Å². The molecule has 18 heavy (non-hydrogen) atoms. The molecule has 0 saturated carbocycles. The maximum Gasteiger partial charge on any atom is 0.205 e. The van der Waals surface area contributed by atoms with Crippen molar-refractivity contribution in [3.8, 4) is 5.69 Å². The number of benzene rings is 2. The van der Waals surface area contributed by atoms with Crippen molar-refractivity contribution in [1.82, 2.24) is 9.55 Å². The summed E-state index contributed by atoms with van der Waals surface area (Å²) in [6.45, 7) is 0. The molecule has 90 valence electrons. The zero-order chi connectivity index (χ0) is 12.7. The summed E-state index contributed by atoms with van der Waals surface area (Å²) in [5.74, 6) is 0.453. The fraction of sp³-hybridized carbons (Fsp3) is 0. The molecule has 2 aromatic carbocycles. The van der Waals surface area contributed by atoms with E-state index in [0.29, 0.717) is 11.0 Å². The highest BCUT2D eigenvalue weighted by molar-refractivity contribution is 9.10. The molecule has 0 aliphatic rings. The van der Waals surface area contributed by atoms with E-state index in [-0.39, 0.29) is 0 Å². The average molecular weight is 323 g/mol. The Morgan fingerprint density at radius 2 is 1.83 bits per heavy atom. The largest absolute Gasteiger partial charge is 0.369 e. The Kier molecular flexibility index (Phi) is 2.76. The van der Waals surface area contributed by atoms with Gasteiger partial charge in [0, 0.05) is 15.2 Å². The number of hydrogen-bond acceptors (Lipinski definition) is 2. The quantitative estimate of drug-likeness (QED) is 0.735. The van der Waals surface area contributed by atoms with Crippen LogP contribution in [0.3, 0.4) is 0 Å². The summed E-state index contributed by atoms with van der Waals surface area (Å²) >= 11 is 9.36. The highest BCUT2D eigenvalue weighted by atomic mass is 79.9. The molecular formula is C13H9BrClN3. The summed E-state index contributed by atoms with van der Waals surface area (Å²) < 4.78 is 2.93. The molecule has 2 N–H and O–H groups in total. The minimum Gasteiger partial charge on any atom is -0.369 e. The number of halogens is 2. The van der Waals surface area contributed by atoms with Gasteiger partial charge in [0.15, 0.2) is 0 Å². The van der Waals surface area contributed by atoms with Gasteiger partial charge in [-0.15, -0.1) is 0 Å². The Morgan fingerprint density at radius 1 is 1.11 bits per heavy atom. The van der Waals surface area contributed by atoms with E-state index >= 15 is 0 Å². The Morgan fingerprint density at radius 3 is 2.56 bits per heavy atom. The van der Waals surface area contributed by atoms with Crippen molar-refractivity contribution in [3.63, 3.8) is 0 Å². The van der Waals surface area contributed by atoms with Crippen molar-refractivity contribution in [2.45, 2.75) is 0 Å². The maximum absolute atomic E-state index is 5.97. The number of nitrogens with zero attached hydrogens (tertiary/aromatic N) is 2. The molecule has 0 unspecified atom stereocenters. The van der Waals surface area contributed by atoms with Crippen molar-refractivity contribution in [2.75, 3.05) is 5.73 Å². The zero-order valence-corrected chi connectivity index (χ0v) is 11.6. The van der Waals surface area contributed by atoms with Gasteiger partial charge in [0.25, 0.3) is 0 Å². The number of nitrogen functional groups attached to an aromatic ring is 1. The van der Waals surface area contributed by atoms with Crippen LogP contribution in [0, 0.1) is 0 Å². The van der Waals surface area contributed by atoms with Gasteiger partial charge < -0.3 is 5.73 Å². The lowest BCUT2D eigenvalue weighted by atomic mass is 10.3. The number of hydrogen-bond donors (Lipinski definition) is 1. The monoisotopic (exact) mass is 321 g/mol. The Labute approximate surface area is 117 Å². The molecule has 0 fully saturated rings. The molecule has 3 aromatic rings. The number of aromatic nitrogens is 2. The number of anilines is 1. The molecule has 0 amide bonds. The third-order valence-electron chi connectivity index (χ3n) is 2.73. The van der Waals surface area contributed by atoms with Crippen LogP contribution in [0.5, 0.6) is 0 Å². The van der Waals surface area contributed by atoms with E-state index in [1.165, 1.54) is 0 Å². The van der Waals surface area contributed by atoms with Gasteiger partial charge in [-0.2, -0.15) is 0 Å². The standard InChI is InChI=1S/C13H9BrClN3/c14-8-1-4-10(5-2-8)18-12-6-3-9(15)7-11(12)17-13(18)16/h1-7H,(H2,16,17). The number of fused-ring (bicyclic) bond motifs is 1. The van der Waals surface area contributed by atoms with Crippen LogP contribution in [0.1, 0.15) is 0 Å². The van der Waals surface area contributed by atoms with Crippen LogP contribution in [-0.4, -0.2) is 9.55 Å². The predicted molar refractivity (Wildman–Crippen MR) is 78.2 cm³/mol. The summed E-state index contributed by atoms with van der Waals surface area (Å²) in [4.78, 5) is 4.32. The van der Waals surface area contributed by atoms with E-state index in [9.17, 15) is 0 Å². The van der Waals surface area contributed by atoms with E-state index < -0.39 is 0 Å². The number of imidazole rings is 1. The van der Waals surface area contributed by atoms with Gasteiger partial charge in [0.2, 0.25) is 5.95 Å². The first-order valence-electron chi connectivity index (χ1n) is 5.34. The minimum atomic E-state index is 0.453. The molecule has 0 aliphatic heterocycles. The van der Waals surface area contributed by atoms with Crippen LogP contribution >= 0.6 is 27.5 Å². The van der Waals surface area contributed by atoms with E-state index in [0.717, 1.165) is 21.2 Å². The van der Waals surface area contributed by atoms with Gasteiger partial charge in [-0.3, -0.25) is 4.57 Å². The summed E-state index contributed by atoms with van der Waals surface area (Å²) in [5.41, 5.74) is 8.68. The normalized spacial score (nSPS) is 11.0. The molecule has 0 atom stereocenters. The van der Waals surface area contributed by atoms with E-state index in [1.54, 1.807) is 0 Å². The van der Waals surface area contributed by atoms with Gasteiger partial charge in [0.1, 0.15) is 0 Å². The fourth-order valence-electron chi connectivity index (χ4n) is 1.93. The van der Waals surface area contributed by atoms with Gasteiger partial charge in [-0.05, 0) is 42.5 Å². The molecule has 0 spiro atoms. The van der Waals surface area contributed by atoms with E-state index in [2.05, 4.69) is 20.9 Å². The van der Waals surface area contributed by atoms with E-state index in [1.807, 2.05) is 47.0 Å². The topological polar surface area (TPSA) is 43.8 Å². The molecule has 3 nitrogen and oxygen atoms in total. The van der Waals surface area contributed by atoms with Gasteiger partial charge in [-0.25, -0.2) is 4.98 Å². The van der Waals surface area contributed by atoms with Crippen molar-refractivity contribution in [1.29, 1.82) is 0 Å². The predicted octanol–water partition coefficient (Wildman–Crippen LogP) is 4.02. The first-order valence-corrected chi connectivity index (χ1v) is 6.52. The first kappa shape index (κ1) is 11.6. The highest BCUT2D eigenvalue weighted by Gasteiger charge is 2.09. The molecule has 5 heteroatoms. The van der Waals surface area contributed by atoms with Crippen molar-refractivity contribution < 1.29 is 0 Å². The summed E-state index contributed by atoms with van der Waals surface area (Å²) in [6.07, 6.45) is 0. The maximum atomic E-state index is 5.97. The number of rotatable bonds is 1. The van der Waals surface area contributed by atoms with Gasteiger partial charge in [-0.1, -0.05) is 27.5 Å². The van der Waals surface area contributed by atoms with Crippen LogP contribution in [0.15, 0.2) is 46.9 Å². The molecular weight excluding hydrogens is 314 g/mol. The lowest BCUT2D eigenvalue weighted by molar-refractivity contribution is 1.11. The molecule has 0 aliphatic carbocycles. The molecule has 0 radical (unpaired) electrons. The molecule has 3 rings (SSSR count). The third kappa shape index (κ3) is 1.87. The zero-order valence-electron chi connectivity index (χ0n) is 9.27. The SMILES string of the molecule is Nc1nc2cc(Cl)ccc2n1-c1ccc(Br)cc1. The number of nitrogens with two attached hydrogens (primary N) is 1. The van der Waals surface area contributed by atoms with Crippen molar-refractivity contribution in [3.05, 3.63) is 52.0 Å². The second kappa shape index (κ2) is 4.30. The summed E-state index contributed by atoms with van der Waals surface area (Å²) in [5, 5.41) is 0.656.